The summed E-state index contributed by atoms with van der Waals surface area (Å²) < 4.78 is 28.6. The number of rotatable bonds is 4. The summed E-state index contributed by atoms with van der Waals surface area (Å²) in [7, 11) is -3.80. The van der Waals surface area contributed by atoms with Crippen LogP contribution in [-0.4, -0.2) is 23.2 Å². The minimum absolute atomic E-state index is 0.00511. The summed E-state index contributed by atoms with van der Waals surface area (Å²) in [4.78, 5) is 4.11. The number of anilines is 1. The van der Waals surface area contributed by atoms with E-state index in [9.17, 15) is 8.42 Å². The lowest BCUT2D eigenvalue weighted by molar-refractivity contribution is 0.601. The van der Waals surface area contributed by atoms with Crippen LogP contribution >= 0.6 is 0 Å². The summed E-state index contributed by atoms with van der Waals surface area (Å²) in [5, 5.41) is 12.9. The largest absolute Gasteiger partial charge is 0.279 e. The molecule has 0 fully saturated rings. The maximum Gasteiger partial charge on any atom is 0.265 e. The maximum absolute atomic E-state index is 12.4. The van der Waals surface area contributed by atoms with Crippen molar-refractivity contribution in [3.63, 3.8) is 0 Å². The Kier molecular flexibility index (Phi) is 3.78. The molecule has 0 radical (unpaired) electrons. The van der Waals surface area contributed by atoms with Crippen LogP contribution in [0.2, 0.25) is 0 Å². The monoisotopic (exact) mass is 325 g/mol. The normalized spacial score (nSPS) is 10.9. The van der Waals surface area contributed by atoms with Gasteiger partial charge >= 0.3 is 0 Å². The lowest BCUT2D eigenvalue weighted by Gasteiger charge is -2.06. The first kappa shape index (κ1) is 14.7. The minimum Gasteiger partial charge on any atom is -0.279 e. The second-order valence-electron chi connectivity index (χ2n) is 4.61. The molecule has 0 aliphatic carbocycles. The Bertz CT molecular complexity index is 974. The molecule has 0 bridgehead atoms. The van der Waals surface area contributed by atoms with Crippen molar-refractivity contribution >= 4 is 15.7 Å². The highest BCUT2D eigenvalue weighted by Crippen LogP contribution is 2.17. The predicted molar refractivity (Wildman–Crippen MR) is 83.3 cm³/mol. The number of nitrogens with one attached hydrogen (secondary N) is 1. The zero-order valence-corrected chi connectivity index (χ0v) is 12.6. The summed E-state index contributed by atoms with van der Waals surface area (Å²) in [5.41, 5.74) is 0.684. The Hall–Kier alpha value is -3.18. The van der Waals surface area contributed by atoms with E-state index in [1.807, 2.05) is 6.07 Å². The van der Waals surface area contributed by atoms with Gasteiger partial charge in [-0.2, -0.15) is 10.4 Å². The molecule has 8 heteroatoms. The Morgan fingerprint density at radius 1 is 1.17 bits per heavy atom. The zero-order chi connectivity index (χ0) is 16.3. The number of benzene rings is 1. The SMILES string of the molecule is N#Cc1cccc(NS(=O)(=O)c2cnn(-c3ccccn3)c2)c1. The topological polar surface area (TPSA) is 101 Å². The standard InChI is InChI=1S/C15H11N5O2S/c16-9-12-4-3-5-13(8-12)19-23(21,22)14-10-18-20(11-14)15-6-1-2-7-17-15/h1-8,10-11,19H. The van der Waals surface area contributed by atoms with Crippen molar-refractivity contribution in [3.8, 4) is 11.9 Å². The molecule has 23 heavy (non-hydrogen) atoms. The number of hydrogen-bond donors (Lipinski definition) is 1. The second kappa shape index (κ2) is 5.90. The van der Waals surface area contributed by atoms with Gasteiger partial charge in [-0.25, -0.2) is 18.1 Å². The van der Waals surface area contributed by atoms with Crippen LogP contribution in [0, 0.1) is 11.3 Å². The first-order chi connectivity index (χ1) is 11.1. The molecule has 114 valence electrons. The molecule has 0 saturated heterocycles. The Labute approximate surface area is 132 Å². The van der Waals surface area contributed by atoms with E-state index in [1.54, 1.807) is 42.6 Å². The van der Waals surface area contributed by atoms with Crippen molar-refractivity contribution in [2.24, 2.45) is 0 Å². The van der Waals surface area contributed by atoms with Crippen molar-refractivity contribution < 1.29 is 8.42 Å². The molecular formula is C15H11N5O2S. The van der Waals surface area contributed by atoms with Gasteiger partial charge in [0.25, 0.3) is 10.0 Å². The third-order valence-corrected chi connectivity index (χ3v) is 4.33. The highest BCUT2D eigenvalue weighted by molar-refractivity contribution is 7.92. The van der Waals surface area contributed by atoms with Gasteiger partial charge in [0.05, 0.1) is 29.7 Å². The van der Waals surface area contributed by atoms with Crippen molar-refractivity contribution in [1.29, 1.82) is 5.26 Å². The van der Waals surface area contributed by atoms with Gasteiger partial charge in [-0.05, 0) is 30.3 Å². The summed E-state index contributed by atoms with van der Waals surface area (Å²) in [6.45, 7) is 0. The number of aromatic nitrogens is 3. The van der Waals surface area contributed by atoms with E-state index in [4.69, 9.17) is 5.26 Å². The van der Waals surface area contributed by atoms with E-state index < -0.39 is 10.0 Å². The number of sulfonamides is 1. The van der Waals surface area contributed by atoms with Crippen LogP contribution in [0.4, 0.5) is 5.69 Å². The molecule has 0 unspecified atom stereocenters. The third kappa shape index (κ3) is 3.20. The fraction of sp³-hybridized carbons (Fsp3) is 0. The summed E-state index contributed by atoms with van der Waals surface area (Å²) >= 11 is 0. The first-order valence-electron chi connectivity index (χ1n) is 6.57. The smallest absolute Gasteiger partial charge is 0.265 e. The number of nitriles is 1. The van der Waals surface area contributed by atoms with E-state index in [-0.39, 0.29) is 4.90 Å². The van der Waals surface area contributed by atoms with Crippen LogP contribution < -0.4 is 4.72 Å². The molecule has 2 aromatic heterocycles. The number of pyridine rings is 1. The Morgan fingerprint density at radius 2 is 2.04 bits per heavy atom. The van der Waals surface area contributed by atoms with Crippen molar-refractivity contribution in [2.45, 2.75) is 4.90 Å². The highest BCUT2D eigenvalue weighted by Gasteiger charge is 2.17. The molecule has 0 saturated carbocycles. The molecule has 7 nitrogen and oxygen atoms in total. The zero-order valence-electron chi connectivity index (χ0n) is 11.8. The van der Waals surface area contributed by atoms with Gasteiger partial charge in [-0.3, -0.25) is 4.72 Å². The molecule has 0 spiro atoms. The Balaban J connectivity index is 1.89. The van der Waals surface area contributed by atoms with E-state index >= 15 is 0 Å². The van der Waals surface area contributed by atoms with Crippen LogP contribution in [0.15, 0.2) is 66.0 Å². The Morgan fingerprint density at radius 3 is 2.78 bits per heavy atom. The summed E-state index contributed by atoms with van der Waals surface area (Å²) in [6.07, 6.45) is 4.21. The van der Waals surface area contributed by atoms with E-state index in [0.29, 0.717) is 17.1 Å². The molecule has 0 aliphatic heterocycles. The quantitative estimate of drug-likeness (QED) is 0.790. The molecule has 3 rings (SSSR count). The van der Waals surface area contributed by atoms with E-state index in [1.165, 1.54) is 23.1 Å². The molecule has 0 aliphatic rings. The predicted octanol–water partition coefficient (Wildman–Crippen LogP) is 1.94. The van der Waals surface area contributed by atoms with Gasteiger partial charge < -0.3 is 0 Å². The first-order valence-corrected chi connectivity index (χ1v) is 8.06. The molecule has 1 N–H and O–H groups in total. The van der Waals surface area contributed by atoms with Gasteiger partial charge in [0.15, 0.2) is 5.82 Å². The lowest BCUT2D eigenvalue weighted by Crippen LogP contribution is -2.12. The van der Waals surface area contributed by atoms with Crippen molar-refractivity contribution in [1.82, 2.24) is 14.8 Å². The average molecular weight is 325 g/mol. The van der Waals surface area contributed by atoms with Crippen LogP contribution in [0.1, 0.15) is 5.56 Å². The molecule has 0 atom stereocenters. The van der Waals surface area contributed by atoms with Crippen LogP contribution in [-0.2, 0) is 10.0 Å². The van der Waals surface area contributed by atoms with Crippen molar-refractivity contribution in [2.75, 3.05) is 4.72 Å². The molecule has 1 aromatic carbocycles. The fourth-order valence-corrected chi connectivity index (χ4v) is 2.91. The van der Waals surface area contributed by atoms with Crippen molar-refractivity contribution in [3.05, 3.63) is 66.6 Å². The third-order valence-electron chi connectivity index (χ3n) is 3.00. The number of nitrogens with zero attached hydrogens (tertiary/aromatic N) is 4. The maximum atomic E-state index is 12.4. The average Bonchev–Trinajstić information content (AvgIpc) is 3.06. The summed E-state index contributed by atoms with van der Waals surface area (Å²) in [5.74, 6) is 0.514. The molecule has 0 amide bonds. The minimum atomic E-state index is -3.80. The molecule has 2 heterocycles. The fourth-order valence-electron chi connectivity index (χ4n) is 1.93. The van der Waals surface area contributed by atoms with E-state index in [0.717, 1.165) is 0 Å². The lowest BCUT2D eigenvalue weighted by atomic mass is 10.2. The van der Waals surface area contributed by atoms with E-state index in [2.05, 4.69) is 14.8 Å². The second-order valence-corrected chi connectivity index (χ2v) is 6.29. The number of hydrogen-bond acceptors (Lipinski definition) is 5. The van der Waals surface area contributed by atoms with Gasteiger partial charge in [0.2, 0.25) is 0 Å². The van der Waals surface area contributed by atoms with Gasteiger partial charge in [-0.1, -0.05) is 12.1 Å². The van der Waals surface area contributed by atoms with Gasteiger partial charge in [0, 0.05) is 6.20 Å². The summed E-state index contributed by atoms with van der Waals surface area (Å²) in [6, 6.07) is 13.4. The van der Waals surface area contributed by atoms with Crippen LogP contribution in [0.3, 0.4) is 0 Å². The highest BCUT2D eigenvalue weighted by atomic mass is 32.2. The van der Waals surface area contributed by atoms with Crippen LogP contribution in [0.5, 0.6) is 0 Å². The van der Waals surface area contributed by atoms with Crippen LogP contribution in [0.25, 0.3) is 5.82 Å². The molecular weight excluding hydrogens is 314 g/mol. The molecule has 3 aromatic rings. The van der Waals surface area contributed by atoms with Gasteiger partial charge in [0.1, 0.15) is 4.90 Å². The van der Waals surface area contributed by atoms with Gasteiger partial charge in [-0.15, -0.1) is 0 Å².